The van der Waals surface area contributed by atoms with Crippen LogP contribution in [0.1, 0.15) is 27.0 Å². The van der Waals surface area contributed by atoms with Crippen molar-refractivity contribution in [1.82, 2.24) is 14.5 Å². The van der Waals surface area contributed by atoms with Crippen molar-refractivity contribution in [1.29, 1.82) is 0 Å². The number of hydrogen-bond acceptors (Lipinski definition) is 4. The van der Waals surface area contributed by atoms with Crippen molar-refractivity contribution in [3.63, 3.8) is 0 Å². The first kappa shape index (κ1) is 19.8. The number of nitrogens with two attached hydrogens (primary N) is 1. The lowest BCUT2D eigenvalue weighted by atomic mass is 10.1. The number of rotatable bonds is 3. The Morgan fingerprint density at radius 1 is 0.844 bits per heavy atom. The van der Waals surface area contributed by atoms with Crippen molar-refractivity contribution in [2.24, 2.45) is 0 Å². The zero-order valence-corrected chi connectivity index (χ0v) is 18.2. The highest BCUT2D eigenvalue weighted by Gasteiger charge is 2.25. The number of hydrogen-bond donors (Lipinski definition) is 2. The van der Waals surface area contributed by atoms with Gasteiger partial charge in [0.15, 0.2) is 5.65 Å². The van der Waals surface area contributed by atoms with Gasteiger partial charge in [0.2, 0.25) is 0 Å². The highest BCUT2D eigenvalue weighted by Crippen LogP contribution is 2.32. The number of nitrogen functional groups attached to an aromatic ring is 1. The summed E-state index contributed by atoms with van der Waals surface area (Å²) < 4.78 is 1.82. The number of aromatic nitrogens is 3. The molecular weight excluding hydrogens is 398 g/mol. The minimum Gasteiger partial charge on any atom is -0.384 e. The van der Waals surface area contributed by atoms with Gasteiger partial charge in [-0.15, -0.1) is 0 Å². The Labute approximate surface area is 185 Å². The first-order valence-electron chi connectivity index (χ1n) is 10.4. The quantitative estimate of drug-likeness (QED) is 0.412. The third-order valence-corrected chi connectivity index (χ3v) is 5.47. The number of fused-ring (bicyclic) bond motifs is 2. The fraction of sp³-hybridized carbons (Fsp3) is 0.115. The highest BCUT2D eigenvalue weighted by atomic mass is 16.1. The molecule has 0 unspecified atom stereocenters. The predicted octanol–water partition coefficient (Wildman–Crippen LogP) is 5.33. The fourth-order valence-corrected chi connectivity index (χ4v) is 4.14. The number of benzene rings is 3. The van der Waals surface area contributed by atoms with Crippen molar-refractivity contribution in [3.8, 4) is 5.69 Å². The standard InChI is InChI=1S/C26H23N5O/c1-15-7-6-8-18(12-15)28-26(32)22-23-25(30-21-10-5-4-9-20(21)29-23)31(24(22)27)19-13-16(2)11-17(3)14-19/h4-14H,27H2,1-3H3,(H,28,32). The molecule has 0 radical (unpaired) electrons. The second-order valence-electron chi connectivity index (χ2n) is 8.15. The average molecular weight is 422 g/mol. The third-order valence-electron chi connectivity index (χ3n) is 5.47. The zero-order chi connectivity index (χ0) is 22.4. The number of carbonyl (C=O) groups is 1. The first-order valence-corrected chi connectivity index (χ1v) is 10.4. The summed E-state index contributed by atoms with van der Waals surface area (Å²) in [6.45, 7) is 6.04. The number of para-hydroxylation sites is 2. The summed E-state index contributed by atoms with van der Waals surface area (Å²) in [4.78, 5) is 23.0. The SMILES string of the molecule is Cc1cccc(NC(=O)c2c(N)n(-c3cc(C)cc(C)c3)c3nc4ccccc4nc23)c1. The topological polar surface area (TPSA) is 85.8 Å². The molecule has 0 spiro atoms. The summed E-state index contributed by atoms with van der Waals surface area (Å²) in [6.07, 6.45) is 0. The molecule has 0 fully saturated rings. The molecule has 0 saturated carbocycles. The predicted molar refractivity (Wildman–Crippen MR) is 129 cm³/mol. The van der Waals surface area contributed by atoms with Crippen LogP contribution in [-0.4, -0.2) is 20.4 Å². The molecule has 2 heterocycles. The van der Waals surface area contributed by atoms with Gasteiger partial charge in [-0.3, -0.25) is 9.36 Å². The summed E-state index contributed by atoms with van der Waals surface area (Å²) in [5, 5.41) is 2.97. The van der Waals surface area contributed by atoms with E-state index in [1.807, 2.05) is 86.0 Å². The van der Waals surface area contributed by atoms with Crippen LogP contribution in [0, 0.1) is 20.8 Å². The van der Waals surface area contributed by atoms with Crippen LogP contribution in [0.15, 0.2) is 66.7 Å². The lowest BCUT2D eigenvalue weighted by Gasteiger charge is -2.10. The normalized spacial score (nSPS) is 11.2. The molecule has 5 aromatic rings. The maximum absolute atomic E-state index is 13.4. The average Bonchev–Trinajstić information content (AvgIpc) is 3.02. The van der Waals surface area contributed by atoms with Crippen molar-refractivity contribution in [2.45, 2.75) is 20.8 Å². The van der Waals surface area contributed by atoms with E-state index in [0.717, 1.165) is 27.9 Å². The molecule has 0 aliphatic heterocycles. The van der Waals surface area contributed by atoms with Crippen LogP contribution < -0.4 is 11.1 Å². The van der Waals surface area contributed by atoms with Crippen molar-refractivity contribution in [2.75, 3.05) is 11.1 Å². The Bertz CT molecular complexity index is 1500. The molecule has 6 nitrogen and oxygen atoms in total. The fourth-order valence-electron chi connectivity index (χ4n) is 4.14. The smallest absolute Gasteiger partial charge is 0.261 e. The van der Waals surface area contributed by atoms with Crippen LogP contribution in [0.5, 0.6) is 0 Å². The molecule has 3 aromatic carbocycles. The summed E-state index contributed by atoms with van der Waals surface area (Å²) in [6, 6.07) is 21.4. The monoisotopic (exact) mass is 421 g/mol. The van der Waals surface area contributed by atoms with Gasteiger partial charge >= 0.3 is 0 Å². The first-order chi connectivity index (χ1) is 15.4. The molecular formula is C26H23N5O. The highest BCUT2D eigenvalue weighted by molar-refractivity contribution is 6.16. The summed E-state index contributed by atoms with van der Waals surface area (Å²) in [5.74, 6) is -0.00346. The molecule has 32 heavy (non-hydrogen) atoms. The summed E-state index contributed by atoms with van der Waals surface area (Å²) in [7, 11) is 0. The van der Waals surface area contributed by atoms with Gasteiger partial charge in [-0.2, -0.15) is 0 Å². The van der Waals surface area contributed by atoms with Gasteiger partial charge in [0.25, 0.3) is 5.91 Å². The molecule has 1 amide bonds. The van der Waals surface area contributed by atoms with Gasteiger partial charge in [0.1, 0.15) is 16.9 Å². The van der Waals surface area contributed by atoms with Crippen molar-refractivity contribution in [3.05, 3.63) is 89.0 Å². The number of carbonyl (C=O) groups excluding carboxylic acids is 1. The van der Waals surface area contributed by atoms with Crippen LogP contribution >= 0.6 is 0 Å². The van der Waals surface area contributed by atoms with Gasteiger partial charge < -0.3 is 11.1 Å². The second-order valence-corrected chi connectivity index (χ2v) is 8.15. The molecule has 2 aromatic heterocycles. The van der Waals surface area contributed by atoms with E-state index >= 15 is 0 Å². The van der Waals surface area contributed by atoms with E-state index in [0.29, 0.717) is 33.7 Å². The van der Waals surface area contributed by atoms with Gasteiger partial charge in [-0.05, 0) is 73.9 Å². The Kier molecular flexibility index (Phi) is 4.63. The Balaban J connectivity index is 1.77. The summed E-state index contributed by atoms with van der Waals surface area (Å²) >= 11 is 0. The van der Waals surface area contributed by atoms with Crippen molar-refractivity contribution < 1.29 is 4.79 Å². The summed E-state index contributed by atoms with van der Waals surface area (Å²) in [5.41, 5.74) is 14.2. The van der Waals surface area contributed by atoms with Gasteiger partial charge in [-0.25, -0.2) is 9.97 Å². The Morgan fingerprint density at radius 2 is 1.53 bits per heavy atom. The second kappa shape index (κ2) is 7.50. The van der Waals surface area contributed by atoms with Crippen LogP contribution in [0.3, 0.4) is 0 Å². The maximum Gasteiger partial charge on any atom is 0.261 e. The molecule has 0 aliphatic carbocycles. The van der Waals surface area contributed by atoms with Crippen LogP contribution in [0.4, 0.5) is 11.5 Å². The van der Waals surface area contributed by atoms with E-state index in [1.165, 1.54) is 0 Å². The molecule has 0 saturated heterocycles. The van der Waals surface area contributed by atoms with E-state index in [9.17, 15) is 4.79 Å². The molecule has 6 heteroatoms. The lowest BCUT2D eigenvalue weighted by molar-refractivity contribution is 0.102. The van der Waals surface area contributed by atoms with E-state index < -0.39 is 0 Å². The minimum atomic E-state index is -0.314. The minimum absolute atomic E-state index is 0.311. The molecule has 0 aliphatic rings. The van der Waals surface area contributed by atoms with E-state index in [4.69, 9.17) is 15.7 Å². The molecule has 0 bridgehead atoms. The largest absolute Gasteiger partial charge is 0.384 e. The number of amides is 1. The van der Waals surface area contributed by atoms with Crippen LogP contribution in [0.2, 0.25) is 0 Å². The maximum atomic E-state index is 13.4. The van der Waals surface area contributed by atoms with E-state index in [1.54, 1.807) is 0 Å². The Hall–Kier alpha value is -4.19. The van der Waals surface area contributed by atoms with E-state index in [-0.39, 0.29) is 5.91 Å². The Morgan fingerprint density at radius 3 is 2.22 bits per heavy atom. The van der Waals surface area contributed by atoms with Crippen LogP contribution in [0.25, 0.3) is 27.9 Å². The van der Waals surface area contributed by atoms with Gasteiger partial charge in [0, 0.05) is 11.4 Å². The molecule has 0 atom stereocenters. The number of nitrogens with one attached hydrogen (secondary N) is 1. The van der Waals surface area contributed by atoms with Crippen molar-refractivity contribution >= 4 is 39.6 Å². The van der Waals surface area contributed by atoms with Gasteiger partial charge in [-0.1, -0.05) is 30.3 Å². The van der Waals surface area contributed by atoms with E-state index in [2.05, 4.69) is 11.4 Å². The van der Waals surface area contributed by atoms with Crippen LogP contribution in [-0.2, 0) is 0 Å². The number of nitrogens with zero attached hydrogens (tertiary/aromatic N) is 3. The molecule has 158 valence electrons. The zero-order valence-electron chi connectivity index (χ0n) is 18.2. The number of aryl methyl sites for hydroxylation is 3. The molecule has 3 N–H and O–H groups in total. The van der Waals surface area contributed by atoms with Gasteiger partial charge in [0.05, 0.1) is 11.0 Å². The number of anilines is 2. The third kappa shape index (κ3) is 3.36. The lowest BCUT2D eigenvalue weighted by Crippen LogP contribution is -2.14. The molecule has 5 rings (SSSR count).